The monoisotopic (exact) mass is 296 g/mol. The van der Waals surface area contributed by atoms with E-state index in [-0.39, 0.29) is 0 Å². The molecule has 0 saturated carbocycles. The Kier molecular flexibility index (Phi) is 4.23. The molecular weight excluding hydrogens is 268 g/mol. The number of hydrogen-bond acceptors (Lipinski definition) is 4. The van der Waals surface area contributed by atoms with Crippen molar-refractivity contribution >= 4 is 0 Å². The Morgan fingerprint density at radius 2 is 0.762 bits per heavy atom. The summed E-state index contributed by atoms with van der Waals surface area (Å²) in [6, 6.07) is 0. The lowest BCUT2D eigenvalue weighted by atomic mass is 9.71. The molecule has 0 amide bonds. The van der Waals surface area contributed by atoms with Crippen LogP contribution in [-0.4, -0.2) is 50.8 Å². The lowest BCUT2D eigenvalue weighted by Gasteiger charge is -2.34. The van der Waals surface area contributed by atoms with Gasteiger partial charge in [0.05, 0.1) is 50.8 Å². The summed E-state index contributed by atoms with van der Waals surface area (Å²) in [6.45, 7) is 3.94. The Hall–Kier alpha value is -0.160. The molecule has 4 aliphatic heterocycles. The average Bonchev–Trinajstić information content (AvgIpc) is 3.39. The van der Waals surface area contributed by atoms with Crippen molar-refractivity contribution in [1.82, 2.24) is 0 Å². The molecule has 0 aromatic heterocycles. The quantitative estimate of drug-likeness (QED) is 0.520. The van der Waals surface area contributed by atoms with Crippen molar-refractivity contribution in [2.45, 2.75) is 75.8 Å². The van der Waals surface area contributed by atoms with Gasteiger partial charge >= 0.3 is 0 Å². The first-order chi connectivity index (χ1) is 10.3. The molecule has 4 fully saturated rings. The van der Waals surface area contributed by atoms with E-state index >= 15 is 0 Å². The Balaban J connectivity index is 1.34. The molecular formula is C17H28O4. The predicted octanol–water partition coefficient (Wildman–Crippen LogP) is 2.69. The zero-order valence-electron chi connectivity index (χ0n) is 12.9. The van der Waals surface area contributed by atoms with Crippen LogP contribution in [0.25, 0.3) is 0 Å². The summed E-state index contributed by atoms with van der Waals surface area (Å²) in [4.78, 5) is 0. The standard InChI is InChI=1S/C17H28O4/c1(13-9-18-13)5-17(6-2-14-10-19-14,7-3-15-11-20-15)8-4-16-12-21-16/h13-16H,1-12H2. The van der Waals surface area contributed by atoms with Gasteiger partial charge in [0, 0.05) is 0 Å². The van der Waals surface area contributed by atoms with Gasteiger partial charge in [-0.2, -0.15) is 0 Å². The van der Waals surface area contributed by atoms with Crippen LogP contribution in [0.1, 0.15) is 51.4 Å². The van der Waals surface area contributed by atoms with Crippen molar-refractivity contribution in [2.24, 2.45) is 5.41 Å². The first-order valence-corrected chi connectivity index (χ1v) is 8.78. The Morgan fingerprint density at radius 3 is 0.952 bits per heavy atom. The second-order valence-electron chi connectivity index (χ2n) is 7.48. The molecule has 4 aliphatic rings. The molecule has 0 aliphatic carbocycles. The van der Waals surface area contributed by atoms with Crippen molar-refractivity contribution in [1.29, 1.82) is 0 Å². The molecule has 0 bridgehead atoms. The highest BCUT2D eigenvalue weighted by molar-refractivity contribution is 4.88. The first-order valence-electron chi connectivity index (χ1n) is 8.78. The van der Waals surface area contributed by atoms with E-state index < -0.39 is 0 Å². The second kappa shape index (κ2) is 6.15. The van der Waals surface area contributed by atoms with Crippen LogP contribution in [0.5, 0.6) is 0 Å². The maximum atomic E-state index is 5.44. The van der Waals surface area contributed by atoms with Gasteiger partial charge in [0.15, 0.2) is 0 Å². The molecule has 4 heterocycles. The van der Waals surface area contributed by atoms with Crippen molar-refractivity contribution in [3.05, 3.63) is 0 Å². The van der Waals surface area contributed by atoms with Crippen LogP contribution in [0.3, 0.4) is 0 Å². The summed E-state index contributed by atoms with van der Waals surface area (Å²) in [7, 11) is 0. The fourth-order valence-electron chi connectivity index (χ4n) is 3.56. The molecule has 4 unspecified atom stereocenters. The van der Waals surface area contributed by atoms with Gasteiger partial charge in [-0.1, -0.05) is 0 Å². The maximum absolute atomic E-state index is 5.44. The van der Waals surface area contributed by atoms with Crippen molar-refractivity contribution in [3.63, 3.8) is 0 Å². The number of hydrogen-bond donors (Lipinski definition) is 0. The van der Waals surface area contributed by atoms with E-state index in [2.05, 4.69) is 0 Å². The van der Waals surface area contributed by atoms with E-state index in [1.165, 1.54) is 51.4 Å². The lowest BCUT2D eigenvalue weighted by Crippen LogP contribution is -2.24. The van der Waals surface area contributed by atoms with Crippen molar-refractivity contribution in [3.8, 4) is 0 Å². The molecule has 4 heteroatoms. The molecule has 0 N–H and O–H groups in total. The van der Waals surface area contributed by atoms with Crippen LogP contribution in [0.2, 0.25) is 0 Å². The van der Waals surface area contributed by atoms with E-state index in [1.54, 1.807) is 0 Å². The van der Waals surface area contributed by atoms with E-state index in [0.29, 0.717) is 29.8 Å². The van der Waals surface area contributed by atoms with Gasteiger partial charge in [-0.3, -0.25) is 0 Å². The van der Waals surface area contributed by atoms with Crippen LogP contribution < -0.4 is 0 Å². The van der Waals surface area contributed by atoms with E-state index in [1.807, 2.05) is 0 Å². The molecule has 0 aromatic rings. The molecule has 0 aromatic carbocycles. The van der Waals surface area contributed by atoms with Gasteiger partial charge in [-0.05, 0) is 56.8 Å². The third-order valence-electron chi connectivity index (χ3n) is 5.60. The molecule has 21 heavy (non-hydrogen) atoms. The summed E-state index contributed by atoms with van der Waals surface area (Å²) in [5.74, 6) is 0. The topological polar surface area (TPSA) is 50.1 Å². The molecule has 4 nitrogen and oxygen atoms in total. The summed E-state index contributed by atoms with van der Waals surface area (Å²) in [6.07, 6.45) is 12.4. The van der Waals surface area contributed by atoms with E-state index in [9.17, 15) is 0 Å². The predicted molar refractivity (Wildman–Crippen MR) is 78.3 cm³/mol. The largest absolute Gasteiger partial charge is 0.373 e. The zero-order valence-corrected chi connectivity index (χ0v) is 12.9. The van der Waals surface area contributed by atoms with Gasteiger partial charge < -0.3 is 18.9 Å². The lowest BCUT2D eigenvalue weighted by molar-refractivity contribution is 0.155. The van der Waals surface area contributed by atoms with Crippen molar-refractivity contribution in [2.75, 3.05) is 26.4 Å². The fourth-order valence-corrected chi connectivity index (χ4v) is 3.56. The van der Waals surface area contributed by atoms with Gasteiger partial charge in [0.1, 0.15) is 0 Å². The highest BCUT2D eigenvalue weighted by Crippen LogP contribution is 2.44. The third kappa shape index (κ3) is 4.92. The molecule has 4 rings (SSSR count). The van der Waals surface area contributed by atoms with Crippen LogP contribution in [0.15, 0.2) is 0 Å². The van der Waals surface area contributed by atoms with Gasteiger partial charge in [0.2, 0.25) is 0 Å². The van der Waals surface area contributed by atoms with Crippen LogP contribution in [0, 0.1) is 5.41 Å². The van der Waals surface area contributed by atoms with Gasteiger partial charge in [0.25, 0.3) is 0 Å². The Bertz CT molecular complexity index is 273. The summed E-state index contributed by atoms with van der Waals surface area (Å²) in [5.41, 5.74) is 0.468. The second-order valence-corrected chi connectivity index (χ2v) is 7.48. The number of ether oxygens (including phenoxy) is 4. The molecule has 4 saturated heterocycles. The Morgan fingerprint density at radius 1 is 0.524 bits per heavy atom. The minimum Gasteiger partial charge on any atom is -0.373 e. The van der Waals surface area contributed by atoms with Gasteiger partial charge in [-0.15, -0.1) is 0 Å². The van der Waals surface area contributed by atoms with Crippen LogP contribution >= 0.6 is 0 Å². The Labute approximate surface area is 127 Å². The van der Waals surface area contributed by atoms with E-state index in [0.717, 1.165) is 26.4 Å². The number of epoxide rings is 4. The normalized spacial score (nSPS) is 38.9. The first kappa shape index (κ1) is 14.4. The van der Waals surface area contributed by atoms with Crippen LogP contribution in [-0.2, 0) is 18.9 Å². The minimum absolute atomic E-state index is 0.468. The van der Waals surface area contributed by atoms with E-state index in [4.69, 9.17) is 18.9 Å². The maximum Gasteiger partial charge on any atom is 0.0810 e. The summed E-state index contributed by atoms with van der Waals surface area (Å²) < 4.78 is 21.8. The smallest absolute Gasteiger partial charge is 0.0810 e. The number of rotatable bonds is 12. The molecule has 0 spiro atoms. The average molecular weight is 296 g/mol. The summed E-state index contributed by atoms with van der Waals surface area (Å²) in [5, 5.41) is 0. The molecule has 120 valence electrons. The minimum atomic E-state index is 0.468. The molecule has 4 atom stereocenters. The van der Waals surface area contributed by atoms with Crippen molar-refractivity contribution < 1.29 is 18.9 Å². The molecule has 0 radical (unpaired) electrons. The van der Waals surface area contributed by atoms with Gasteiger partial charge in [-0.25, -0.2) is 0 Å². The third-order valence-corrected chi connectivity index (χ3v) is 5.60. The summed E-state index contributed by atoms with van der Waals surface area (Å²) >= 11 is 0. The highest BCUT2D eigenvalue weighted by atomic mass is 16.6. The zero-order chi connectivity index (χ0) is 14.1. The fraction of sp³-hybridized carbons (Fsp3) is 1.00. The SMILES string of the molecule is C(CC(CCC1CO1)(CCC1CO1)CCC1CO1)C1CO1. The highest BCUT2D eigenvalue weighted by Gasteiger charge is 2.38. The van der Waals surface area contributed by atoms with Crippen LogP contribution in [0.4, 0.5) is 0 Å².